The molecule has 2 aliphatic rings. The lowest BCUT2D eigenvalue weighted by molar-refractivity contribution is 0.407. The molecular weight excluding hydrogens is 124 g/mol. The van der Waals surface area contributed by atoms with Crippen molar-refractivity contribution in [3.63, 3.8) is 0 Å². The van der Waals surface area contributed by atoms with Crippen LogP contribution in [0.15, 0.2) is 0 Å². The summed E-state index contributed by atoms with van der Waals surface area (Å²) < 4.78 is 0. The lowest BCUT2D eigenvalue weighted by atomic mass is 9.95. The van der Waals surface area contributed by atoms with E-state index in [1.807, 2.05) is 0 Å². The topological polar surface area (TPSA) is 24.1 Å². The van der Waals surface area contributed by atoms with E-state index in [0.717, 1.165) is 6.04 Å². The Morgan fingerprint density at radius 1 is 1.50 bits per heavy atom. The maximum absolute atomic E-state index is 3.60. The Balaban J connectivity index is 2.03. The lowest BCUT2D eigenvalue weighted by Crippen LogP contribution is -2.41. The van der Waals surface area contributed by atoms with Crippen molar-refractivity contribution in [1.29, 1.82) is 0 Å². The average molecular weight is 140 g/mol. The van der Waals surface area contributed by atoms with Gasteiger partial charge in [0.05, 0.1) is 0 Å². The minimum atomic E-state index is 0.499. The third kappa shape index (κ3) is 0.956. The summed E-state index contributed by atoms with van der Waals surface area (Å²) in [7, 11) is 0. The van der Waals surface area contributed by atoms with Gasteiger partial charge in [0, 0.05) is 18.1 Å². The van der Waals surface area contributed by atoms with Crippen LogP contribution in [-0.4, -0.2) is 24.7 Å². The van der Waals surface area contributed by atoms with Gasteiger partial charge in [0.15, 0.2) is 0 Å². The largest absolute Gasteiger partial charge is 0.312 e. The smallest absolute Gasteiger partial charge is 0.0321 e. The molecule has 0 saturated carbocycles. The van der Waals surface area contributed by atoms with Gasteiger partial charge in [0.25, 0.3) is 0 Å². The fourth-order valence-corrected chi connectivity index (χ4v) is 2.29. The van der Waals surface area contributed by atoms with E-state index in [2.05, 4.69) is 17.6 Å². The van der Waals surface area contributed by atoms with Gasteiger partial charge in [-0.3, -0.25) is 0 Å². The molecule has 2 heterocycles. The van der Waals surface area contributed by atoms with Crippen molar-refractivity contribution < 1.29 is 0 Å². The summed E-state index contributed by atoms with van der Waals surface area (Å²) in [6.07, 6.45) is 4.08. The fraction of sp³-hybridized carbons (Fsp3) is 1.00. The van der Waals surface area contributed by atoms with E-state index >= 15 is 0 Å². The van der Waals surface area contributed by atoms with Crippen LogP contribution in [0, 0.1) is 0 Å². The van der Waals surface area contributed by atoms with Crippen LogP contribution >= 0.6 is 0 Å². The zero-order valence-electron chi connectivity index (χ0n) is 6.61. The van der Waals surface area contributed by atoms with Gasteiger partial charge in [-0.15, -0.1) is 0 Å². The molecule has 10 heavy (non-hydrogen) atoms. The monoisotopic (exact) mass is 140 g/mol. The molecule has 2 atom stereocenters. The van der Waals surface area contributed by atoms with E-state index in [1.54, 1.807) is 0 Å². The van der Waals surface area contributed by atoms with E-state index < -0.39 is 0 Å². The summed E-state index contributed by atoms with van der Waals surface area (Å²) in [5.74, 6) is 0. The Morgan fingerprint density at radius 3 is 2.90 bits per heavy atom. The first kappa shape index (κ1) is 6.62. The van der Waals surface area contributed by atoms with Gasteiger partial charge in [0.1, 0.15) is 0 Å². The molecule has 2 N–H and O–H groups in total. The maximum Gasteiger partial charge on any atom is 0.0321 e. The second kappa shape index (κ2) is 2.21. The van der Waals surface area contributed by atoms with E-state index in [-0.39, 0.29) is 0 Å². The highest BCUT2D eigenvalue weighted by Gasteiger charge is 2.38. The molecule has 2 aliphatic heterocycles. The van der Waals surface area contributed by atoms with Gasteiger partial charge in [-0.2, -0.15) is 0 Å². The van der Waals surface area contributed by atoms with Crippen LogP contribution in [0.1, 0.15) is 26.2 Å². The van der Waals surface area contributed by atoms with Crippen molar-refractivity contribution in [2.75, 3.05) is 13.1 Å². The first-order chi connectivity index (χ1) is 4.81. The van der Waals surface area contributed by atoms with E-state index in [0.29, 0.717) is 5.54 Å². The fourth-order valence-electron chi connectivity index (χ4n) is 2.29. The minimum absolute atomic E-state index is 0.499. The molecule has 0 bridgehead atoms. The zero-order chi connectivity index (χ0) is 7.03. The highest BCUT2D eigenvalue weighted by Crippen LogP contribution is 2.27. The summed E-state index contributed by atoms with van der Waals surface area (Å²) in [6.45, 7) is 4.69. The number of rotatable bonds is 0. The summed E-state index contributed by atoms with van der Waals surface area (Å²) >= 11 is 0. The molecule has 2 nitrogen and oxygen atoms in total. The summed E-state index contributed by atoms with van der Waals surface area (Å²) in [4.78, 5) is 0. The molecule has 2 saturated heterocycles. The van der Waals surface area contributed by atoms with Crippen LogP contribution in [0.25, 0.3) is 0 Å². The summed E-state index contributed by atoms with van der Waals surface area (Å²) in [6, 6.07) is 0.727. The van der Waals surface area contributed by atoms with Crippen LogP contribution in [0.2, 0.25) is 0 Å². The second-order valence-electron chi connectivity index (χ2n) is 3.80. The van der Waals surface area contributed by atoms with E-state index in [4.69, 9.17) is 0 Å². The predicted octanol–water partition coefficient (Wildman–Crippen LogP) is 0.490. The van der Waals surface area contributed by atoms with Gasteiger partial charge < -0.3 is 10.6 Å². The molecule has 2 heteroatoms. The van der Waals surface area contributed by atoms with Crippen molar-refractivity contribution in [1.82, 2.24) is 10.6 Å². The Morgan fingerprint density at radius 2 is 2.40 bits per heavy atom. The number of nitrogens with one attached hydrogen (secondary N) is 2. The third-order valence-corrected chi connectivity index (χ3v) is 2.82. The highest BCUT2D eigenvalue weighted by molar-refractivity contribution is 5.01. The predicted molar refractivity (Wildman–Crippen MR) is 42.0 cm³/mol. The van der Waals surface area contributed by atoms with E-state index in [1.165, 1.54) is 32.4 Å². The van der Waals surface area contributed by atoms with Gasteiger partial charge in [-0.25, -0.2) is 0 Å². The van der Waals surface area contributed by atoms with Crippen LogP contribution in [0.4, 0.5) is 0 Å². The highest BCUT2D eigenvalue weighted by atomic mass is 15.1. The Bertz CT molecular complexity index is 127. The normalized spacial score (nSPS) is 47.1. The molecular formula is C8H16N2. The summed E-state index contributed by atoms with van der Waals surface area (Å²) in [5, 5.41) is 7.09. The second-order valence-corrected chi connectivity index (χ2v) is 3.80. The van der Waals surface area contributed by atoms with Crippen molar-refractivity contribution in [3.8, 4) is 0 Å². The van der Waals surface area contributed by atoms with Gasteiger partial charge in [0.2, 0.25) is 0 Å². The van der Waals surface area contributed by atoms with Gasteiger partial charge in [-0.05, 0) is 32.7 Å². The third-order valence-electron chi connectivity index (χ3n) is 2.82. The number of hydrogen-bond donors (Lipinski definition) is 2. The molecule has 0 amide bonds. The lowest BCUT2D eigenvalue weighted by Gasteiger charge is -2.21. The molecule has 58 valence electrons. The van der Waals surface area contributed by atoms with E-state index in [9.17, 15) is 0 Å². The molecule has 2 rings (SSSR count). The molecule has 1 spiro atoms. The molecule has 0 radical (unpaired) electrons. The Labute approximate surface area is 62.4 Å². The standard InChI is InChI=1S/C8H16N2/c1-7-5-8(6-9-7)3-2-4-10-8/h7,9-10H,2-6H2,1H3. The molecule has 0 aromatic rings. The van der Waals surface area contributed by atoms with Crippen LogP contribution < -0.4 is 10.6 Å². The first-order valence-electron chi connectivity index (χ1n) is 4.29. The van der Waals surface area contributed by atoms with Crippen molar-refractivity contribution >= 4 is 0 Å². The quantitative estimate of drug-likeness (QED) is 0.511. The first-order valence-corrected chi connectivity index (χ1v) is 4.29. The minimum Gasteiger partial charge on any atom is -0.312 e. The van der Waals surface area contributed by atoms with Crippen molar-refractivity contribution in [3.05, 3.63) is 0 Å². The Hall–Kier alpha value is -0.0800. The SMILES string of the molecule is CC1CC2(CCCN2)CN1. The van der Waals surface area contributed by atoms with Crippen LogP contribution in [0.3, 0.4) is 0 Å². The average Bonchev–Trinajstić information content (AvgIpc) is 2.46. The number of hydrogen-bond acceptors (Lipinski definition) is 2. The van der Waals surface area contributed by atoms with Crippen molar-refractivity contribution in [2.45, 2.75) is 37.8 Å². The summed E-state index contributed by atoms with van der Waals surface area (Å²) in [5.41, 5.74) is 0.499. The molecule has 2 unspecified atom stereocenters. The Kier molecular flexibility index (Phi) is 1.46. The van der Waals surface area contributed by atoms with Gasteiger partial charge in [-0.1, -0.05) is 0 Å². The van der Waals surface area contributed by atoms with Gasteiger partial charge >= 0.3 is 0 Å². The molecule has 0 aromatic carbocycles. The molecule has 0 aromatic heterocycles. The zero-order valence-corrected chi connectivity index (χ0v) is 6.61. The maximum atomic E-state index is 3.60. The molecule has 0 aliphatic carbocycles. The van der Waals surface area contributed by atoms with Crippen molar-refractivity contribution in [2.24, 2.45) is 0 Å². The van der Waals surface area contributed by atoms with Crippen LogP contribution in [0.5, 0.6) is 0 Å². The van der Waals surface area contributed by atoms with Crippen LogP contribution in [-0.2, 0) is 0 Å². The molecule has 2 fully saturated rings.